The normalized spacial score (nSPS) is 11.4. The maximum Gasteiger partial charge on any atom is 0.331 e. The predicted octanol–water partition coefficient (Wildman–Crippen LogP) is 2.55. The van der Waals surface area contributed by atoms with E-state index < -0.39 is 5.97 Å². The highest BCUT2D eigenvalue weighted by atomic mass is 16.4. The van der Waals surface area contributed by atoms with Crippen LogP contribution < -0.4 is 4.90 Å². The van der Waals surface area contributed by atoms with E-state index in [4.69, 9.17) is 5.11 Å². The zero-order valence-corrected chi connectivity index (χ0v) is 10.1. The molecule has 0 atom stereocenters. The van der Waals surface area contributed by atoms with E-state index in [9.17, 15) is 4.79 Å². The number of benzene rings is 1. The van der Waals surface area contributed by atoms with Crippen molar-refractivity contribution in [3.63, 3.8) is 0 Å². The number of nitrogens with zero attached hydrogens (tertiary/aromatic N) is 1. The molecule has 1 aromatic carbocycles. The van der Waals surface area contributed by atoms with Crippen molar-refractivity contribution in [1.82, 2.24) is 0 Å². The number of aryl methyl sites for hydroxylation is 1. The molecule has 16 heavy (non-hydrogen) atoms. The molecule has 0 radical (unpaired) electrons. The highest BCUT2D eigenvalue weighted by Crippen LogP contribution is 2.19. The molecule has 3 heteroatoms. The van der Waals surface area contributed by atoms with Crippen molar-refractivity contribution in [1.29, 1.82) is 0 Å². The monoisotopic (exact) mass is 219 g/mol. The predicted molar refractivity (Wildman–Crippen MR) is 66.8 cm³/mol. The Morgan fingerprint density at radius 2 is 2.00 bits per heavy atom. The van der Waals surface area contributed by atoms with Crippen molar-refractivity contribution in [2.45, 2.75) is 13.8 Å². The Bertz CT molecular complexity index is 434. The summed E-state index contributed by atoms with van der Waals surface area (Å²) >= 11 is 0. The molecular formula is C13H17NO2. The Kier molecular flexibility index (Phi) is 3.72. The van der Waals surface area contributed by atoms with Gasteiger partial charge in [-0.15, -0.1) is 0 Å². The van der Waals surface area contributed by atoms with Gasteiger partial charge >= 0.3 is 5.97 Å². The Morgan fingerprint density at radius 1 is 1.38 bits per heavy atom. The topological polar surface area (TPSA) is 40.5 Å². The van der Waals surface area contributed by atoms with Crippen LogP contribution in [0.3, 0.4) is 0 Å². The number of hydrogen-bond acceptors (Lipinski definition) is 2. The molecule has 0 amide bonds. The molecule has 0 saturated carbocycles. The van der Waals surface area contributed by atoms with Gasteiger partial charge in [0.05, 0.1) is 0 Å². The first-order valence-corrected chi connectivity index (χ1v) is 5.11. The van der Waals surface area contributed by atoms with Gasteiger partial charge in [0.2, 0.25) is 0 Å². The van der Waals surface area contributed by atoms with E-state index in [2.05, 4.69) is 0 Å². The fraction of sp³-hybridized carbons (Fsp3) is 0.308. The minimum atomic E-state index is -0.880. The second-order valence-corrected chi connectivity index (χ2v) is 4.07. The number of carboxylic acids is 1. The first kappa shape index (κ1) is 12.3. The maximum absolute atomic E-state index is 10.8. The van der Waals surface area contributed by atoms with Crippen LogP contribution in [0.15, 0.2) is 23.8 Å². The second kappa shape index (κ2) is 4.84. The number of rotatable bonds is 3. The van der Waals surface area contributed by atoms with Gasteiger partial charge in [0.25, 0.3) is 0 Å². The Labute approximate surface area is 96.0 Å². The molecule has 0 aliphatic carbocycles. The van der Waals surface area contributed by atoms with Crippen molar-refractivity contribution in [3.8, 4) is 0 Å². The Balaban J connectivity index is 3.17. The minimum Gasteiger partial charge on any atom is -0.478 e. The van der Waals surface area contributed by atoms with Crippen LogP contribution >= 0.6 is 0 Å². The summed E-state index contributed by atoms with van der Waals surface area (Å²) in [6, 6.07) is 6.00. The number of carbonyl (C=O) groups is 1. The van der Waals surface area contributed by atoms with E-state index in [0.717, 1.165) is 16.8 Å². The molecule has 1 rings (SSSR count). The molecule has 1 aromatic rings. The molecule has 0 bridgehead atoms. The number of carboxylic acid groups (broad SMARTS) is 1. The van der Waals surface area contributed by atoms with Crippen molar-refractivity contribution < 1.29 is 9.90 Å². The van der Waals surface area contributed by atoms with Crippen LogP contribution in [0.4, 0.5) is 5.69 Å². The smallest absolute Gasteiger partial charge is 0.331 e. The summed E-state index contributed by atoms with van der Waals surface area (Å²) in [5, 5.41) is 8.83. The van der Waals surface area contributed by atoms with Gasteiger partial charge in [-0.3, -0.25) is 0 Å². The highest BCUT2D eigenvalue weighted by Gasteiger charge is 2.03. The van der Waals surface area contributed by atoms with Gasteiger partial charge in [-0.25, -0.2) is 4.79 Å². The molecule has 0 aliphatic rings. The zero-order valence-electron chi connectivity index (χ0n) is 10.1. The van der Waals surface area contributed by atoms with E-state index in [0.29, 0.717) is 5.57 Å². The van der Waals surface area contributed by atoms with Crippen molar-refractivity contribution in [2.24, 2.45) is 0 Å². The molecule has 1 N–H and O–H groups in total. The molecular weight excluding hydrogens is 202 g/mol. The third kappa shape index (κ3) is 2.86. The molecule has 86 valence electrons. The van der Waals surface area contributed by atoms with Crippen LogP contribution in [0, 0.1) is 6.92 Å². The van der Waals surface area contributed by atoms with Gasteiger partial charge in [0.15, 0.2) is 0 Å². The third-order valence-corrected chi connectivity index (χ3v) is 2.49. The van der Waals surface area contributed by atoms with Gasteiger partial charge in [-0.2, -0.15) is 0 Å². The fourth-order valence-corrected chi connectivity index (χ4v) is 1.36. The lowest BCUT2D eigenvalue weighted by atomic mass is 10.0. The summed E-state index contributed by atoms with van der Waals surface area (Å²) in [5.74, 6) is -0.880. The van der Waals surface area contributed by atoms with Gasteiger partial charge in [-0.05, 0) is 43.2 Å². The lowest BCUT2D eigenvalue weighted by Gasteiger charge is -2.14. The summed E-state index contributed by atoms with van der Waals surface area (Å²) < 4.78 is 0. The van der Waals surface area contributed by atoms with Gasteiger partial charge in [0, 0.05) is 25.4 Å². The fourth-order valence-electron chi connectivity index (χ4n) is 1.36. The summed E-state index contributed by atoms with van der Waals surface area (Å²) in [6.45, 7) is 3.57. The molecule has 0 heterocycles. The summed E-state index contributed by atoms with van der Waals surface area (Å²) in [7, 11) is 3.92. The molecule has 0 fully saturated rings. The molecule has 0 saturated heterocycles. The van der Waals surface area contributed by atoms with Crippen LogP contribution in [0.5, 0.6) is 0 Å². The van der Waals surface area contributed by atoms with Crippen molar-refractivity contribution in [2.75, 3.05) is 19.0 Å². The number of anilines is 1. The molecule has 0 unspecified atom stereocenters. The molecule has 0 spiro atoms. The summed E-state index contributed by atoms with van der Waals surface area (Å²) in [6.07, 6.45) is 1.70. The lowest BCUT2D eigenvalue weighted by Crippen LogP contribution is -2.08. The van der Waals surface area contributed by atoms with Crippen molar-refractivity contribution >= 4 is 17.7 Å². The van der Waals surface area contributed by atoms with E-state index in [1.807, 2.05) is 44.1 Å². The second-order valence-electron chi connectivity index (χ2n) is 4.07. The average Bonchev–Trinajstić information content (AvgIpc) is 2.20. The SMILES string of the molecule is CC(=Cc1cc(N(C)C)ccc1C)C(=O)O. The van der Waals surface area contributed by atoms with Crippen LogP contribution in [0.2, 0.25) is 0 Å². The highest BCUT2D eigenvalue weighted by molar-refractivity contribution is 5.91. The van der Waals surface area contributed by atoms with Crippen LogP contribution in [-0.2, 0) is 4.79 Å². The van der Waals surface area contributed by atoms with E-state index in [1.165, 1.54) is 0 Å². The largest absolute Gasteiger partial charge is 0.478 e. The average molecular weight is 219 g/mol. The van der Waals surface area contributed by atoms with Crippen LogP contribution in [0.1, 0.15) is 18.1 Å². The minimum absolute atomic E-state index is 0.346. The van der Waals surface area contributed by atoms with E-state index in [1.54, 1.807) is 13.0 Å². The summed E-state index contributed by atoms with van der Waals surface area (Å²) in [5.41, 5.74) is 3.44. The van der Waals surface area contributed by atoms with Crippen LogP contribution in [-0.4, -0.2) is 25.2 Å². The van der Waals surface area contributed by atoms with E-state index in [-0.39, 0.29) is 0 Å². The first-order chi connectivity index (χ1) is 7.41. The third-order valence-electron chi connectivity index (χ3n) is 2.49. The zero-order chi connectivity index (χ0) is 12.3. The molecule has 0 aromatic heterocycles. The molecule has 3 nitrogen and oxygen atoms in total. The number of aliphatic carboxylic acids is 1. The maximum atomic E-state index is 10.8. The quantitative estimate of drug-likeness (QED) is 0.794. The Hall–Kier alpha value is -1.77. The molecule has 0 aliphatic heterocycles. The standard InChI is InChI=1S/C13H17NO2/c1-9-5-6-12(14(3)4)8-11(9)7-10(2)13(15)16/h5-8H,1-4H3,(H,15,16). The van der Waals surface area contributed by atoms with Crippen LogP contribution in [0.25, 0.3) is 6.08 Å². The van der Waals surface area contributed by atoms with Gasteiger partial charge in [-0.1, -0.05) is 6.07 Å². The summed E-state index contributed by atoms with van der Waals surface area (Å²) in [4.78, 5) is 12.7. The van der Waals surface area contributed by atoms with E-state index >= 15 is 0 Å². The lowest BCUT2D eigenvalue weighted by molar-refractivity contribution is -0.132. The van der Waals surface area contributed by atoms with Gasteiger partial charge in [0.1, 0.15) is 0 Å². The first-order valence-electron chi connectivity index (χ1n) is 5.11. The Morgan fingerprint density at radius 3 is 2.50 bits per heavy atom. The number of hydrogen-bond donors (Lipinski definition) is 1. The van der Waals surface area contributed by atoms with Gasteiger partial charge < -0.3 is 10.0 Å². The van der Waals surface area contributed by atoms with Crippen molar-refractivity contribution in [3.05, 3.63) is 34.9 Å².